The zero-order chi connectivity index (χ0) is 29.3. The highest BCUT2D eigenvalue weighted by Gasteiger charge is 2.32. The fraction of sp³-hybridized carbons (Fsp3) is 0.296. The second-order valence-corrected chi connectivity index (χ2v) is 10.8. The highest BCUT2D eigenvalue weighted by Crippen LogP contribution is 2.35. The predicted octanol–water partition coefficient (Wildman–Crippen LogP) is 4.68. The maximum atomic E-state index is 13.7. The van der Waals surface area contributed by atoms with Gasteiger partial charge in [0.05, 0.1) is 22.3 Å². The van der Waals surface area contributed by atoms with Crippen LogP contribution < -0.4 is 15.5 Å². The molecule has 0 radical (unpaired) electrons. The number of rotatable bonds is 6. The Labute approximate surface area is 237 Å². The van der Waals surface area contributed by atoms with Gasteiger partial charge in [0.15, 0.2) is 5.13 Å². The fourth-order valence-corrected chi connectivity index (χ4v) is 5.20. The van der Waals surface area contributed by atoms with Crippen molar-refractivity contribution in [1.82, 2.24) is 24.9 Å². The van der Waals surface area contributed by atoms with Crippen molar-refractivity contribution >= 4 is 39.7 Å². The topological polar surface area (TPSA) is 108 Å². The molecule has 0 atom stereocenters. The molecule has 2 amide bonds. The molecule has 1 aliphatic rings. The Morgan fingerprint density at radius 3 is 2.49 bits per heavy atom. The van der Waals surface area contributed by atoms with Gasteiger partial charge >= 0.3 is 6.18 Å². The van der Waals surface area contributed by atoms with Gasteiger partial charge in [-0.25, -0.2) is 9.67 Å². The van der Waals surface area contributed by atoms with Crippen LogP contribution in [0.25, 0.3) is 16.3 Å². The molecule has 1 saturated heterocycles. The van der Waals surface area contributed by atoms with E-state index in [-0.39, 0.29) is 17.2 Å². The number of amides is 2. The van der Waals surface area contributed by atoms with E-state index in [4.69, 9.17) is 0 Å². The fourth-order valence-electron chi connectivity index (χ4n) is 4.39. The van der Waals surface area contributed by atoms with Crippen molar-refractivity contribution < 1.29 is 22.8 Å². The van der Waals surface area contributed by atoms with Crippen molar-refractivity contribution in [3.05, 3.63) is 65.5 Å². The van der Waals surface area contributed by atoms with E-state index in [2.05, 4.69) is 30.8 Å². The minimum Gasteiger partial charge on any atom is -0.369 e. The van der Waals surface area contributed by atoms with Gasteiger partial charge in [-0.15, -0.1) is 5.10 Å². The smallest absolute Gasteiger partial charge is 0.369 e. The molecule has 0 unspecified atom stereocenters. The lowest BCUT2D eigenvalue weighted by atomic mass is 10.1. The minimum atomic E-state index is -4.56. The van der Waals surface area contributed by atoms with E-state index in [0.717, 1.165) is 30.8 Å². The summed E-state index contributed by atoms with van der Waals surface area (Å²) in [6.45, 7) is 5.87. The Morgan fingerprint density at radius 2 is 1.78 bits per heavy atom. The Kier molecular flexibility index (Phi) is 7.78. The largest absolute Gasteiger partial charge is 0.416 e. The number of likely N-dealkylation sites (N-methyl/N-ethyl adjacent to an activating group) is 1. The van der Waals surface area contributed by atoms with Gasteiger partial charge in [-0.3, -0.25) is 9.59 Å². The van der Waals surface area contributed by atoms with Gasteiger partial charge < -0.3 is 20.4 Å². The van der Waals surface area contributed by atoms with Crippen LogP contribution in [0.2, 0.25) is 0 Å². The molecule has 2 aromatic carbocycles. The van der Waals surface area contributed by atoms with E-state index in [1.807, 2.05) is 18.9 Å². The van der Waals surface area contributed by atoms with Crippen LogP contribution in [0.15, 0.2) is 48.8 Å². The van der Waals surface area contributed by atoms with Crippen molar-refractivity contribution in [3.8, 4) is 16.3 Å². The summed E-state index contributed by atoms with van der Waals surface area (Å²) in [5, 5.41) is 14.1. The first kappa shape index (κ1) is 28.2. The summed E-state index contributed by atoms with van der Waals surface area (Å²) in [5.41, 5.74) is 1.79. The van der Waals surface area contributed by atoms with Crippen LogP contribution in [0.5, 0.6) is 0 Å². The average molecular weight is 585 g/mol. The number of thiazole rings is 1. The lowest BCUT2D eigenvalue weighted by molar-refractivity contribution is -0.137. The monoisotopic (exact) mass is 584 g/mol. The van der Waals surface area contributed by atoms with Crippen molar-refractivity contribution in [2.45, 2.75) is 20.0 Å². The number of benzene rings is 2. The lowest BCUT2D eigenvalue weighted by Crippen LogP contribution is -2.44. The third kappa shape index (κ3) is 6.55. The summed E-state index contributed by atoms with van der Waals surface area (Å²) in [4.78, 5) is 33.3. The molecule has 214 valence electrons. The van der Waals surface area contributed by atoms with Crippen LogP contribution in [0.4, 0.5) is 29.7 Å². The van der Waals surface area contributed by atoms with Crippen LogP contribution in [-0.2, 0) is 11.0 Å². The van der Waals surface area contributed by atoms with E-state index in [1.54, 1.807) is 36.7 Å². The Bertz CT molecular complexity index is 1590. The SMILES string of the molecule is CC(=O)Nc1ncc(-c2cn(-c3cc(C(=O)Nc4cc(N5CCN(C)CC5)cc(C(F)(F)F)c4)ccc3C)nn2)s1. The summed E-state index contributed by atoms with van der Waals surface area (Å²) in [6, 6.07) is 8.57. The van der Waals surface area contributed by atoms with Crippen LogP contribution in [0, 0.1) is 6.92 Å². The molecule has 1 fully saturated rings. The standard InChI is InChI=1S/C27H27F3N8O2S/c1-16-4-5-18(10-23(16)38-15-22(34-35-38)24-14-31-26(41-24)32-17(2)39)25(40)33-20-11-19(27(28,29)30)12-21(13-20)37-8-6-36(3)7-9-37/h4-5,10-15H,6-9H2,1-3H3,(H,33,40)(H,31,32,39). The first-order chi connectivity index (χ1) is 19.5. The van der Waals surface area contributed by atoms with Crippen LogP contribution >= 0.6 is 11.3 Å². The third-order valence-corrected chi connectivity index (χ3v) is 7.56. The zero-order valence-corrected chi connectivity index (χ0v) is 23.3. The summed E-state index contributed by atoms with van der Waals surface area (Å²) >= 11 is 1.24. The summed E-state index contributed by atoms with van der Waals surface area (Å²) < 4.78 is 42.7. The molecular formula is C27H27F3N8O2S. The van der Waals surface area contributed by atoms with Crippen LogP contribution in [0.1, 0.15) is 28.4 Å². The summed E-state index contributed by atoms with van der Waals surface area (Å²) in [6.07, 6.45) is -1.32. The highest BCUT2D eigenvalue weighted by molar-refractivity contribution is 7.19. The second-order valence-electron chi connectivity index (χ2n) is 9.77. The molecule has 10 nitrogen and oxygen atoms in total. The molecule has 2 aromatic heterocycles. The number of anilines is 3. The van der Waals surface area contributed by atoms with E-state index in [9.17, 15) is 22.8 Å². The Balaban J connectivity index is 1.39. The number of hydrogen-bond acceptors (Lipinski definition) is 8. The molecule has 3 heterocycles. The van der Waals surface area contributed by atoms with Crippen molar-refractivity contribution in [3.63, 3.8) is 0 Å². The predicted molar refractivity (Wildman–Crippen MR) is 151 cm³/mol. The van der Waals surface area contributed by atoms with Crippen molar-refractivity contribution in [2.75, 3.05) is 48.8 Å². The number of nitrogens with zero attached hydrogens (tertiary/aromatic N) is 6. The van der Waals surface area contributed by atoms with Gasteiger partial charge in [0.2, 0.25) is 5.91 Å². The van der Waals surface area contributed by atoms with Gasteiger partial charge in [-0.1, -0.05) is 22.6 Å². The molecule has 1 aliphatic heterocycles. The van der Waals surface area contributed by atoms with Crippen molar-refractivity contribution in [1.29, 1.82) is 0 Å². The zero-order valence-electron chi connectivity index (χ0n) is 22.5. The minimum absolute atomic E-state index is 0.0593. The number of carbonyl (C=O) groups is 2. The summed E-state index contributed by atoms with van der Waals surface area (Å²) in [5.74, 6) is -0.793. The third-order valence-electron chi connectivity index (χ3n) is 6.62. The maximum Gasteiger partial charge on any atom is 0.416 e. The molecule has 2 N–H and O–H groups in total. The first-order valence-corrected chi connectivity index (χ1v) is 13.5. The molecule has 0 spiro atoms. The van der Waals surface area contributed by atoms with E-state index >= 15 is 0 Å². The molecule has 14 heteroatoms. The molecule has 4 aromatic rings. The first-order valence-electron chi connectivity index (χ1n) is 12.7. The molecule has 0 saturated carbocycles. The number of hydrogen-bond donors (Lipinski definition) is 2. The molecule has 0 bridgehead atoms. The summed E-state index contributed by atoms with van der Waals surface area (Å²) in [7, 11) is 1.97. The van der Waals surface area contributed by atoms with E-state index in [1.165, 1.54) is 22.9 Å². The molecule has 41 heavy (non-hydrogen) atoms. The number of aryl methyl sites for hydroxylation is 1. The van der Waals surface area contributed by atoms with Gasteiger partial charge in [-0.05, 0) is 49.9 Å². The molecule has 0 aliphatic carbocycles. The number of aromatic nitrogens is 4. The normalized spacial score (nSPS) is 14.2. The molecule has 5 rings (SSSR count). The van der Waals surface area contributed by atoms with E-state index in [0.29, 0.717) is 40.2 Å². The highest BCUT2D eigenvalue weighted by atomic mass is 32.1. The van der Waals surface area contributed by atoms with Gasteiger partial charge in [0, 0.05) is 56.2 Å². The number of nitrogens with one attached hydrogen (secondary N) is 2. The van der Waals surface area contributed by atoms with Gasteiger partial charge in [-0.2, -0.15) is 13.2 Å². The Hall–Kier alpha value is -4.30. The number of alkyl halides is 3. The van der Waals surface area contributed by atoms with Crippen molar-refractivity contribution in [2.24, 2.45) is 0 Å². The second kappa shape index (κ2) is 11.3. The van der Waals surface area contributed by atoms with Gasteiger partial charge in [0.1, 0.15) is 5.69 Å². The average Bonchev–Trinajstić information content (AvgIpc) is 3.58. The maximum absolute atomic E-state index is 13.7. The number of piperazine rings is 1. The molecular weight excluding hydrogens is 557 g/mol. The number of halogens is 3. The van der Waals surface area contributed by atoms with Crippen LogP contribution in [0.3, 0.4) is 0 Å². The quantitative estimate of drug-likeness (QED) is 0.339. The Morgan fingerprint density at radius 1 is 1.02 bits per heavy atom. The van der Waals surface area contributed by atoms with Gasteiger partial charge in [0.25, 0.3) is 5.91 Å². The van der Waals surface area contributed by atoms with Crippen LogP contribution in [-0.4, -0.2) is 69.9 Å². The van der Waals surface area contributed by atoms with E-state index < -0.39 is 17.6 Å². The lowest BCUT2D eigenvalue weighted by Gasteiger charge is -2.34. The number of carbonyl (C=O) groups excluding carboxylic acids is 2.